The van der Waals surface area contributed by atoms with Crippen LogP contribution in [0.2, 0.25) is 0 Å². The number of benzene rings is 3. The predicted octanol–water partition coefficient (Wildman–Crippen LogP) is 5.37. The van der Waals surface area contributed by atoms with Crippen LogP contribution in [0.5, 0.6) is 0 Å². The summed E-state index contributed by atoms with van der Waals surface area (Å²) in [5.41, 5.74) is 9.94. The molecular formula is C45H60N4O6. The largest absolute Gasteiger partial charge is 0.481 e. The van der Waals surface area contributed by atoms with Crippen LogP contribution in [0.1, 0.15) is 69.3 Å². The van der Waals surface area contributed by atoms with Crippen LogP contribution in [0.15, 0.2) is 54.6 Å². The molecule has 0 aromatic heterocycles. The maximum atomic E-state index is 12.4. The van der Waals surface area contributed by atoms with Gasteiger partial charge in [-0.15, -0.1) is 0 Å². The molecule has 0 bridgehead atoms. The molecule has 6 atom stereocenters. The summed E-state index contributed by atoms with van der Waals surface area (Å²) in [4.78, 5) is 39.6. The molecule has 10 nitrogen and oxygen atoms in total. The third-order valence-corrected chi connectivity index (χ3v) is 12.7. The first kappa shape index (κ1) is 40.6. The molecule has 6 rings (SSSR count). The highest BCUT2D eigenvalue weighted by Crippen LogP contribution is 2.30. The van der Waals surface area contributed by atoms with Crippen molar-refractivity contribution in [3.63, 3.8) is 0 Å². The Morgan fingerprint density at radius 3 is 1.07 bits per heavy atom. The monoisotopic (exact) mass is 752 g/mol. The van der Waals surface area contributed by atoms with Crippen molar-refractivity contribution >= 4 is 17.9 Å². The summed E-state index contributed by atoms with van der Waals surface area (Å²) in [6.07, 6.45) is 4.07. The minimum atomic E-state index is -0.744. The predicted molar refractivity (Wildman–Crippen MR) is 214 cm³/mol. The van der Waals surface area contributed by atoms with Gasteiger partial charge in [0, 0.05) is 19.6 Å². The first-order chi connectivity index (χ1) is 26.4. The van der Waals surface area contributed by atoms with Crippen molar-refractivity contribution in [1.29, 1.82) is 0 Å². The van der Waals surface area contributed by atoms with Crippen LogP contribution in [0.3, 0.4) is 0 Å². The number of aliphatic carboxylic acids is 3. The molecule has 0 amide bonds. The van der Waals surface area contributed by atoms with E-state index in [-0.39, 0.29) is 17.8 Å². The SMILES string of the molecule is Cc1ccc(CC(C(=O)O)C2CCNC2)cc1CN(Cc1cc(CC(C(=O)O)C2CCNC2)ccc1C)Cc1cc(CC(C(=O)O)C2CCNC2)ccc1C. The molecular weight excluding hydrogens is 693 g/mol. The lowest BCUT2D eigenvalue weighted by atomic mass is 9.85. The number of hydrogen-bond donors (Lipinski definition) is 6. The number of carboxylic acid groups (broad SMARTS) is 3. The molecule has 6 unspecified atom stereocenters. The number of rotatable bonds is 18. The van der Waals surface area contributed by atoms with Crippen molar-refractivity contribution in [3.8, 4) is 0 Å². The highest BCUT2D eigenvalue weighted by molar-refractivity contribution is 5.72. The van der Waals surface area contributed by atoms with Gasteiger partial charge >= 0.3 is 17.9 Å². The first-order valence-electron chi connectivity index (χ1n) is 20.2. The van der Waals surface area contributed by atoms with Gasteiger partial charge in [0.1, 0.15) is 0 Å². The van der Waals surface area contributed by atoms with E-state index in [4.69, 9.17) is 0 Å². The van der Waals surface area contributed by atoms with E-state index in [1.807, 2.05) is 0 Å². The van der Waals surface area contributed by atoms with Gasteiger partial charge in [-0.3, -0.25) is 19.3 Å². The number of carbonyl (C=O) groups is 3. The fraction of sp³-hybridized carbons (Fsp3) is 0.533. The smallest absolute Gasteiger partial charge is 0.307 e. The topological polar surface area (TPSA) is 151 Å². The molecule has 3 fully saturated rings. The van der Waals surface area contributed by atoms with Crippen molar-refractivity contribution in [2.24, 2.45) is 35.5 Å². The third-order valence-electron chi connectivity index (χ3n) is 12.7. The molecule has 3 saturated heterocycles. The van der Waals surface area contributed by atoms with Gasteiger partial charge in [0.05, 0.1) is 17.8 Å². The van der Waals surface area contributed by atoms with E-state index in [2.05, 4.69) is 96.2 Å². The molecule has 55 heavy (non-hydrogen) atoms. The van der Waals surface area contributed by atoms with Crippen molar-refractivity contribution in [1.82, 2.24) is 20.9 Å². The molecule has 10 heteroatoms. The van der Waals surface area contributed by atoms with Gasteiger partial charge in [0.2, 0.25) is 0 Å². The molecule has 0 spiro atoms. The van der Waals surface area contributed by atoms with E-state index in [1.165, 1.54) is 0 Å². The van der Waals surface area contributed by atoms with Crippen molar-refractivity contribution in [2.75, 3.05) is 39.3 Å². The lowest BCUT2D eigenvalue weighted by Crippen LogP contribution is -2.28. The molecule has 3 aromatic rings. The summed E-state index contributed by atoms with van der Waals surface area (Å²) in [6, 6.07) is 19.1. The van der Waals surface area contributed by atoms with Crippen LogP contribution in [-0.4, -0.2) is 77.4 Å². The Morgan fingerprint density at radius 2 is 0.836 bits per heavy atom. The zero-order valence-corrected chi connectivity index (χ0v) is 32.8. The maximum absolute atomic E-state index is 12.4. The Hall–Kier alpha value is -4.09. The average Bonchev–Trinajstić information content (AvgIpc) is 3.97. The van der Waals surface area contributed by atoms with Gasteiger partial charge in [-0.2, -0.15) is 0 Å². The van der Waals surface area contributed by atoms with E-state index in [1.54, 1.807) is 0 Å². The third kappa shape index (κ3) is 10.6. The summed E-state index contributed by atoms with van der Waals surface area (Å²) in [5, 5.41) is 40.5. The van der Waals surface area contributed by atoms with E-state index in [9.17, 15) is 29.7 Å². The molecule has 3 heterocycles. The summed E-state index contributed by atoms with van der Waals surface area (Å²) in [7, 11) is 0. The van der Waals surface area contributed by atoms with Crippen LogP contribution < -0.4 is 16.0 Å². The lowest BCUT2D eigenvalue weighted by Gasteiger charge is -2.27. The fourth-order valence-electron chi connectivity index (χ4n) is 9.15. The minimum absolute atomic E-state index is 0.112. The highest BCUT2D eigenvalue weighted by Gasteiger charge is 2.33. The van der Waals surface area contributed by atoms with Crippen molar-refractivity contribution < 1.29 is 29.7 Å². The standard InChI is InChI=1S/C45H60N4O6/c1-28-4-7-31(19-40(43(50)51)34-10-13-46-22-34)16-37(28)25-49(26-38-17-32(8-5-29(38)2)20-41(44(52)53)35-11-14-47-23-35)27-39-18-33(9-6-30(39)3)21-42(45(54)55)36-12-15-48-24-36/h4-9,16-18,34-36,40-42,46-48H,10-15,19-27H2,1-3H3,(H,50,51)(H,52,53)(H,54,55). The zero-order valence-electron chi connectivity index (χ0n) is 32.8. The van der Waals surface area contributed by atoms with E-state index in [0.29, 0.717) is 38.9 Å². The minimum Gasteiger partial charge on any atom is -0.481 e. The Kier molecular flexibility index (Phi) is 13.8. The number of carboxylic acids is 3. The molecule has 3 aliphatic heterocycles. The Bertz CT molecular complexity index is 1600. The van der Waals surface area contributed by atoms with E-state index in [0.717, 1.165) is 109 Å². The quantitative estimate of drug-likeness (QED) is 0.100. The van der Waals surface area contributed by atoms with Gasteiger partial charge in [-0.1, -0.05) is 54.6 Å². The normalized spacial score (nSPS) is 21.5. The van der Waals surface area contributed by atoms with Crippen molar-refractivity contribution in [3.05, 3.63) is 105 Å². The fourth-order valence-corrected chi connectivity index (χ4v) is 9.15. The van der Waals surface area contributed by atoms with Crippen LogP contribution >= 0.6 is 0 Å². The molecule has 296 valence electrons. The summed E-state index contributed by atoms with van der Waals surface area (Å²) >= 11 is 0. The van der Waals surface area contributed by atoms with Crippen molar-refractivity contribution in [2.45, 2.75) is 78.9 Å². The van der Waals surface area contributed by atoms with Crippen LogP contribution in [0.4, 0.5) is 0 Å². The number of hydrogen-bond acceptors (Lipinski definition) is 7. The molecule has 0 radical (unpaired) electrons. The summed E-state index contributed by atoms with van der Waals surface area (Å²) < 4.78 is 0. The summed E-state index contributed by atoms with van der Waals surface area (Å²) in [5.74, 6) is -3.22. The molecule has 0 saturated carbocycles. The van der Waals surface area contributed by atoms with Gasteiger partial charge in [-0.05, 0) is 166 Å². The lowest BCUT2D eigenvalue weighted by molar-refractivity contribution is -0.144. The van der Waals surface area contributed by atoms with E-state index < -0.39 is 35.7 Å². The van der Waals surface area contributed by atoms with E-state index >= 15 is 0 Å². The van der Waals surface area contributed by atoms with Gasteiger partial charge in [0.25, 0.3) is 0 Å². The molecule has 0 aliphatic carbocycles. The number of nitrogens with one attached hydrogen (secondary N) is 3. The van der Waals surface area contributed by atoms with Crippen LogP contribution in [0.25, 0.3) is 0 Å². The maximum Gasteiger partial charge on any atom is 0.307 e. The summed E-state index contributed by atoms with van der Waals surface area (Å²) in [6.45, 7) is 13.0. The second-order valence-corrected chi connectivity index (χ2v) is 16.6. The first-order valence-corrected chi connectivity index (χ1v) is 20.2. The van der Waals surface area contributed by atoms with Gasteiger partial charge in [-0.25, -0.2) is 0 Å². The van der Waals surface area contributed by atoms with Gasteiger partial charge in [0.15, 0.2) is 0 Å². The Morgan fingerprint density at radius 1 is 0.545 bits per heavy atom. The zero-order chi connectivity index (χ0) is 39.1. The Balaban J connectivity index is 1.29. The molecule has 6 N–H and O–H groups in total. The number of nitrogens with zero attached hydrogens (tertiary/aromatic N) is 1. The van der Waals surface area contributed by atoms with Crippen LogP contribution in [0, 0.1) is 56.3 Å². The average molecular weight is 753 g/mol. The van der Waals surface area contributed by atoms with Crippen LogP contribution in [-0.2, 0) is 53.3 Å². The Labute approximate surface area is 326 Å². The van der Waals surface area contributed by atoms with Gasteiger partial charge < -0.3 is 31.3 Å². The molecule has 3 aliphatic rings. The number of aryl methyl sites for hydroxylation is 3. The second-order valence-electron chi connectivity index (χ2n) is 16.6. The second kappa shape index (κ2) is 18.7. The highest BCUT2D eigenvalue weighted by atomic mass is 16.4. The molecule has 3 aromatic carbocycles.